The smallest absolute Gasteiger partial charge is 0.346 e. The lowest BCUT2D eigenvalue weighted by Gasteiger charge is -2.13. The molecule has 0 aliphatic rings. The van der Waals surface area contributed by atoms with Crippen LogP contribution in [-0.2, 0) is 4.74 Å². The summed E-state index contributed by atoms with van der Waals surface area (Å²) in [5.74, 6) is -0.327. The van der Waals surface area contributed by atoms with Crippen molar-refractivity contribution >= 4 is 22.6 Å². The summed E-state index contributed by atoms with van der Waals surface area (Å²) in [5.41, 5.74) is 4.74. The lowest BCUT2D eigenvalue weighted by atomic mass is 10.0. The zero-order chi connectivity index (χ0) is 17.5. The number of pyridine rings is 1. The summed E-state index contributed by atoms with van der Waals surface area (Å²) in [7, 11) is 0. The number of carbonyl (C=O) groups is 1. The first-order valence-electron chi connectivity index (χ1n) is 8.56. The summed E-state index contributed by atoms with van der Waals surface area (Å²) in [5, 5.41) is 13.3. The van der Waals surface area contributed by atoms with Crippen molar-refractivity contribution in [1.29, 1.82) is 0 Å². The molecule has 0 bridgehead atoms. The second-order valence-electron chi connectivity index (χ2n) is 5.94. The highest BCUT2D eigenvalue weighted by molar-refractivity contribution is 6.04. The number of fused-ring (bicyclic) bond motifs is 1. The molecule has 0 atom stereocenters. The Kier molecular flexibility index (Phi) is 6.55. The van der Waals surface area contributed by atoms with Gasteiger partial charge in [-0.1, -0.05) is 6.07 Å². The molecule has 0 unspecified atom stereocenters. The summed E-state index contributed by atoms with van der Waals surface area (Å²) < 4.78 is 5.18. The number of esters is 1. The first-order chi connectivity index (χ1) is 11.6. The molecule has 2 rings (SSSR count). The first-order valence-corrected chi connectivity index (χ1v) is 8.56. The number of hydrogen-bond donors (Lipinski definition) is 2. The van der Waals surface area contributed by atoms with E-state index in [0.717, 1.165) is 42.4 Å². The fourth-order valence-electron chi connectivity index (χ4n) is 2.76. The van der Waals surface area contributed by atoms with Gasteiger partial charge in [-0.2, -0.15) is 0 Å². The van der Waals surface area contributed by atoms with Gasteiger partial charge in [-0.25, -0.2) is 9.78 Å². The Labute approximate surface area is 143 Å². The number of ether oxygens (including phenoxy) is 1. The van der Waals surface area contributed by atoms with Gasteiger partial charge in [-0.3, -0.25) is 0 Å². The predicted molar refractivity (Wildman–Crippen MR) is 95.4 cm³/mol. The monoisotopic (exact) mass is 331 g/mol. The highest BCUT2D eigenvalue weighted by Crippen LogP contribution is 2.28. The standard InChI is InChI=1S/C19H26N2O3/c1-4-24-19(23)16-12-21-17-14(3)13(2)8-9-15(17)18(16)20-10-6-5-7-11-22/h8-9,12,22H,4-7,10-11H2,1-3H3,(H,20,21)/p+1. The second-order valence-corrected chi connectivity index (χ2v) is 5.94. The largest absolute Gasteiger partial charge is 0.462 e. The molecular weight excluding hydrogens is 304 g/mol. The number of H-pyrrole nitrogens is 1. The van der Waals surface area contributed by atoms with Crippen molar-refractivity contribution in [2.75, 3.05) is 25.1 Å². The maximum atomic E-state index is 12.3. The Morgan fingerprint density at radius 2 is 2.04 bits per heavy atom. The maximum absolute atomic E-state index is 12.3. The Balaban J connectivity index is 2.38. The number of aromatic nitrogens is 1. The van der Waals surface area contributed by atoms with E-state index in [1.165, 1.54) is 11.1 Å². The minimum atomic E-state index is -0.327. The van der Waals surface area contributed by atoms with Gasteiger partial charge >= 0.3 is 5.97 Å². The zero-order valence-corrected chi connectivity index (χ0v) is 14.7. The fourth-order valence-corrected chi connectivity index (χ4v) is 2.76. The molecule has 1 aromatic carbocycles. The van der Waals surface area contributed by atoms with Gasteiger partial charge in [0.15, 0.2) is 6.20 Å². The van der Waals surface area contributed by atoms with Gasteiger partial charge in [0.25, 0.3) is 0 Å². The molecule has 0 fully saturated rings. The molecule has 5 nitrogen and oxygen atoms in total. The fraction of sp³-hybridized carbons (Fsp3) is 0.474. The molecule has 0 saturated heterocycles. The van der Waals surface area contributed by atoms with E-state index in [0.29, 0.717) is 12.2 Å². The van der Waals surface area contributed by atoms with Crippen LogP contribution in [0.3, 0.4) is 0 Å². The van der Waals surface area contributed by atoms with Gasteiger partial charge < -0.3 is 15.2 Å². The molecule has 1 aromatic heterocycles. The average Bonchev–Trinajstić information content (AvgIpc) is 2.58. The molecule has 0 spiro atoms. The van der Waals surface area contributed by atoms with E-state index >= 15 is 0 Å². The molecule has 0 aliphatic heterocycles. The molecule has 1 heterocycles. The van der Waals surface area contributed by atoms with E-state index in [2.05, 4.69) is 30.2 Å². The third-order valence-corrected chi connectivity index (χ3v) is 4.27. The van der Waals surface area contributed by atoms with Crippen molar-refractivity contribution in [2.24, 2.45) is 0 Å². The van der Waals surface area contributed by atoms with Crippen LogP contribution < -0.4 is 10.3 Å². The number of aromatic amines is 1. The molecule has 5 heteroatoms. The third kappa shape index (κ3) is 4.03. The highest BCUT2D eigenvalue weighted by Gasteiger charge is 2.21. The van der Waals surface area contributed by atoms with Crippen LogP contribution in [0.1, 0.15) is 47.7 Å². The first kappa shape index (κ1) is 18.2. The van der Waals surface area contributed by atoms with Crippen LogP contribution in [0.15, 0.2) is 18.3 Å². The predicted octanol–water partition coefficient (Wildman–Crippen LogP) is 3.02. The number of unbranched alkanes of at least 4 members (excludes halogenated alkanes) is 2. The van der Waals surface area contributed by atoms with Crippen LogP contribution >= 0.6 is 0 Å². The van der Waals surface area contributed by atoms with E-state index in [-0.39, 0.29) is 12.6 Å². The Morgan fingerprint density at radius 1 is 1.25 bits per heavy atom. The number of anilines is 1. The van der Waals surface area contributed by atoms with E-state index in [4.69, 9.17) is 9.84 Å². The summed E-state index contributed by atoms with van der Waals surface area (Å²) >= 11 is 0. The van der Waals surface area contributed by atoms with E-state index in [1.807, 2.05) is 6.07 Å². The number of aliphatic hydroxyl groups excluding tert-OH is 1. The Bertz CT molecular complexity index is 713. The highest BCUT2D eigenvalue weighted by atomic mass is 16.5. The number of aliphatic hydroxyl groups is 1. The summed E-state index contributed by atoms with van der Waals surface area (Å²) in [6, 6.07) is 4.10. The van der Waals surface area contributed by atoms with Crippen LogP contribution in [-0.4, -0.2) is 30.8 Å². The summed E-state index contributed by atoms with van der Waals surface area (Å²) in [4.78, 5) is 15.5. The summed E-state index contributed by atoms with van der Waals surface area (Å²) in [6.07, 6.45) is 4.41. The van der Waals surface area contributed by atoms with Gasteiger partial charge in [0.05, 0.1) is 17.7 Å². The maximum Gasteiger partial charge on any atom is 0.346 e. The van der Waals surface area contributed by atoms with Crippen LogP contribution in [0.25, 0.3) is 10.9 Å². The van der Waals surface area contributed by atoms with E-state index in [1.54, 1.807) is 13.1 Å². The van der Waals surface area contributed by atoms with Crippen molar-refractivity contribution in [3.8, 4) is 0 Å². The molecule has 130 valence electrons. The second kappa shape index (κ2) is 8.64. The van der Waals surface area contributed by atoms with Gasteiger partial charge in [-0.15, -0.1) is 0 Å². The molecule has 2 aromatic rings. The number of rotatable bonds is 8. The van der Waals surface area contributed by atoms with E-state index < -0.39 is 0 Å². The van der Waals surface area contributed by atoms with Crippen LogP contribution in [0, 0.1) is 13.8 Å². The van der Waals surface area contributed by atoms with Crippen LogP contribution in [0.2, 0.25) is 0 Å². The molecule has 0 aliphatic carbocycles. The van der Waals surface area contributed by atoms with Gasteiger partial charge in [0.2, 0.25) is 5.52 Å². The van der Waals surface area contributed by atoms with Gasteiger partial charge in [0, 0.05) is 18.7 Å². The van der Waals surface area contributed by atoms with E-state index in [9.17, 15) is 4.79 Å². The van der Waals surface area contributed by atoms with Crippen molar-refractivity contribution in [3.05, 3.63) is 35.0 Å². The van der Waals surface area contributed by atoms with Gasteiger partial charge in [-0.05, 0) is 51.7 Å². The number of nitrogens with one attached hydrogen (secondary N) is 2. The number of hydrogen-bond acceptors (Lipinski definition) is 4. The lowest BCUT2D eigenvalue weighted by Crippen LogP contribution is -2.17. The summed E-state index contributed by atoms with van der Waals surface area (Å²) in [6.45, 7) is 7.26. The molecular formula is C19H27N2O3+. The van der Waals surface area contributed by atoms with Crippen molar-refractivity contribution < 1.29 is 19.6 Å². The molecule has 0 amide bonds. The SMILES string of the molecule is CCOC(=O)c1c[nH+]c2c(C)c(C)ccc2c1NCCCCCO. The normalized spacial score (nSPS) is 10.8. The van der Waals surface area contributed by atoms with Crippen LogP contribution in [0.4, 0.5) is 5.69 Å². The van der Waals surface area contributed by atoms with Crippen molar-refractivity contribution in [3.63, 3.8) is 0 Å². The van der Waals surface area contributed by atoms with Gasteiger partial charge in [0.1, 0.15) is 5.56 Å². The Morgan fingerprint density at radius 3 is 2.75 bits per heavy atom. The molecule has 24 heavy (non-hydrogen) atoms. The number of benzene rings is 1. The van der Waals surface area contributed by atoms with Crippen LogP contribution in [0.5, 0.6) is 0 Å². The molecule has 3 N–H and O–H groups in total. The average molecular weight is 331 g/mol. The quantitative estimate of drug-likeness (QED) is 0.576. The zero-order valence-electron chi connectivity index (χ0n) is 14.7. The molecule has 0 saturated carbocycles. The lowest BCUT2D eigenvalue weighted by molar-refractivity contribution is -0.345. The third-order valence-electron chi connectivity index (χ3n) is 4.27. The Hall–Kier alpha value is -2.14. The van der Waals surface area contributed by atoms with Crippen molar-refractivity contribution in [1.82, 2.24) is 0 Å². The number of aryl methyl sites for hydroxylation is 2. The molecule has 0 radical (unpaired) electrons. The minimum Gasteiger partial charge on any atom is -0.462 e. The number of carbonyl (C=O) groups excluding carboxylic acids is 1. The minimum absolute atomic E-state index is 0.218. The topological polar surface area (TPSA) is 72.7 Å². The van der Waals surface area contributed by atoms with Crippen molar-refractivity contribution in [2.45, 2.75) is 40.0 Å².